The van der Waals surface area contributed by atoms with Gasteiger partial charge in [-0.2, -0.15) is 5.26 Å². The predicted molar refractivity (Wildman–Crippen MR) is 56.2 cm³/mol. The molecule has 0 aliphatic heterocycles. The number of hydrogen-bond donors (Lipinski definition) is 1. The van der Waals surface area contributed by atoms with Crippen LogP contribution in [-0.2, 0) is 0 Å². The first-order valence-corrected chi connectivity index (χ1v) is 4.62. The van der Waals surface area contributed by atoms with E-state index in [1.807, 2.05) is 26.8 Å². The highest BCUT2D eigenvalue weighted by Gasteiger charge is 2.16. The smallest absolute Gasteiger partial charge is 0.270 e. The maximum atomic E-state index is 11.6. The van der Waals surface area contributed by atoms with Crippen molar-refractivity contribution in [2.24, 2.45) is 0 Å². The molecule has 0 fully saturated rings. The Morgan fingerprint density at radius 3 is 2.67 bits per heavy atom. The minimum atomic E-state index is -0.304. The second kappa shape index (κ2) is 4.09. The van der Waals surface area contributed by atoms with Crippen LogP contribution < -0.4 is 5.32 Å². The summed E-state index contributed by atoms with van der Waals surface area (Å²) in [6, 6.07) is 6.68. The molecule has 15 heavy (non-hydrogen) atoms. The fourth-order valence-electron chi connectivity index (χ4n) is 1.03. The van der Waals surface area contributed by atoms with E-state index in [0.717, 1.165) is 0 Å². The number of rotatable bonds is 1. The maximum absolute atomic E-state index is 11.6. The SMILES string of the molecule is CC(C)(C)NC(=O)c1cccc(C#N)n1. The van der Waals surface area contributed by atoms with Crippen molar-refractivity contribution < 1.29 is 4.79 Å². The van der Waals surface area contributed by atoms with E-state index < -0.39 is 0 Å². The van der Waals surface area contributed by atoms with E-state index in [1.54, 1.807) is 18.2 Å². The molecule has 0 saturated heterocycles. The molecule has 0 atom stereocenters. The fourth-order valence-corrected chi connectivity index (χ4v) is 1.03. The van der Waals surface area contributed by atoms with Crippen LogP contribution in [0.3, 0.4) is 0 Å². The first-order valence-electron chi connectivity index (χ1n) is 4.62. The van der Waals surface area contributed by atoms with E-state index in [1.165, 1.54) is 0 Å². The molecule has 0 bridgehead atoms. The molecule has 1 heterocycles. The predicted octanol–water partition coefficient (Wildman–Crippen LogP) is 1.48. The van der Waals surface area contributed by atoms with Crippen LogP contribution in [0.4, 0.5) is 0 Å². The molecule has 0 aliphatic carbocycles. The molecule has 0 aromatic carbocycles. The number of nitriles is 1. The van der Waals surface area contributed by atoms with Gasteiger partial charge in [0.05, 0.1) is 0 Å². The van der Waals surface area contributed by atoms with Gasteiger partial charge in [0.25, 0.3) is 5.91 Å². The van der Waals surface area contributed by atoms with Gasteiger partial charge in [0.15, 0.2) is 0 Å². The van der Waals surface area contributed by atoms with Crippen molar-refractivity contribution in [2.75, 3.05) is 0 Å². The Labute approximate surface area is 88.9 Å². The molecule has 4 heteroatoms. The molecule has 1 amide bonds. The van der Waals surface area contributed by atoms with Gasteiger partial charge >= 0.3 is 0 Å². The molecular formula is C11H13N3O. The second-order valence-electron chi connectivity index (χ2n) is 4.22. The highest BCUT2D eigenvalue weighted by Crippen LogP contribution is 2.03. The van der Waals surface area contributed by atoms with Gasteiger partial charge in [0.1, 0.15) is 17.5 Å². The average molecular weight is 203 g/mol. The number of aromatic nitrogens is 1. The number of nitrogens with one attached hydrogen (secondary N) is 1. The van der Waals surface area contributed by atoms with Crippen LogP contribution in [0.25, 0.3) is 0 Å². The number of nitrogens with zero attached hydrogens (tertiary/aromatic N) is 2. The summed E-state index contributed by atoms with van der Waals surface area (Å²) in [5.74, 6) is -0.264. The molecule has 0 spiro atoms. The monoisotopic (exact) mass is 203 g/mol. The van der Waals surface area contributed by atoms with E-state index >= 15 is 0 Å². The van der Waals surface area contributed by atoms with Gasteiger partial charge in [0.2, 0.25) is 0 Å². The van der Waals surface area contributed by atoms with E-state index in [2.05, 4.69) is 10.3 Å². The molecule has 1 aromatic heterocycles. The summed E-state index contributed by atoms with van der Waals surface area (Å²) in [6.45, 7) is 5.66. The first-order chi connectivity index (χ1) is 6.92. The third-order valence-electron chi connectivity index (χ3n) is 1.58. The van der Waals surface area contributed by atoms with Crippen molar-refractivity contribution in [3.8, 4) is 6.07 Å². The second-order valence-corrected chi connectivity index (χ2v) is 4.22. The summed E-state index contributed by atoms with van der Waals surface area (Å²) in [4.78, 5) is 15.5. The Hall–Kier alpha value is -1.89. The van der Waals surface area contributed by atoms with Gasteiger partial charge in [-0.25, -0.2) is 4.98 Å². The summed E-state index contributed by atoms with van der Waals surface area (Å²) in [5, 5.41) is 11.4. The Bertz CT molecular complexity index is 413. The van der Waals surface area contributed by atoms with E-state index in [4.69, 9.17) is 5.26 Å². The minimum absolute atomic E-state index is 0.247. The number of carbonyl (C=O) groups excluding carboxylic acids is 1. The van der Waals surface area contributed by atoms with Crippen LogP contribution in [0.5, 0.6) is 0 Å². The van der Waals surface area contributed by atoms with Crippen molar-refractivity contribution >= 4 is 5.91 Å². The lowest BCUT2D eigenvalue weighted by atomic mass is 10.1. The van der Waals surface area contributed by atoms with Gasteiger partial charge in [-0.1, -0.05) is 6.07 Å². The summed E-state index contributed by atoms with van der Waals surface area (Å²) >= 11 is 0. The summed E-state index contributed by atoms with van der Waals surface area (Å²) < 4.78 is 0. The van der Waals surface area contributed by atoms with Crippen molar-refractivity contribution in [1.29, 1.82) is 5.26 Å². The van der Waals surface area contributed by atoms with Crippen molar-refractivity contribution in [3.05, 3.63) is 29.6 Å². The number of amides is 1. The standard InChI is InChI=1S/C11H13N3O/c1-11(2,3)14-10(15)9-6-4-5-8(7-12)13-9/h4-6H,1-3H3,(H,14,15). The normalized spacial score (nSPS) is 10.5. The molecule has 78 valence electrons. The van der Waals surface area contributed by atoms with Gasteiger partial charge in [0, 0.05) is 5.54 Å². The lowest BCUT2D eigenvalue weighted by Gasteiger charge is -2.19. The van der Waals surface area contributed by atoms with Crippen LogP contribution >= 0.6 is 0 Å². The molecule has 0 radical (unpaired) electrons. The fraction of sp³-hybridized carbons (Fsp3) is 0.364. The Kier molecular flexibility index (Phi) is 3.05. The molecule has 1 aromatic rings. The lowest BCUT2D eigenvalue weighted by molar-refractivity contribution is 0.0914. The van der Waals surface area contributed by atoms with Gasteiger partial charge in [-0.05, 0) is 32.9 Å². The number of pyridine rings is 1. The van der Waals surface area contributed by atoms with Crippen LogP contribution in [0.1, 0.15) is 37.0 Å². The minimum Gasteiger partial charge on any atom is -0.346 e. The molecule has 4 nitrogen and oxygen atoms in total. The van der Waals surface area contributed by atoms with E-state index in [9.17, 15) is 4.79 Å². The summed E-state index contributed by atoms with van der Waals surface area (Å²) in [7, 11) is 0. The number of carbonyl (C=O) groups is 1. The zero-order valence-electron chi connectivity index (χ0n) is 9.03. The van der Waals surface area contributed by atoms with Crippen molar-refractivity contribution in [2.45, 2.75) is 26.3 Å². The maximum Gasteiger partial charge on any atom is 0.270 e. The van der Waals surface area contributed by atoms with E-state index in [-0.39, 0.29) is 22.8 Å². The summed E-state index contributed by atoms with van der Waals surface area (Å²) in [5.41, 5.74) is 0.210. The summed E-state index contributed by atoms with van der Waals surface area (Å²) in [6.07, 6.45) is 0. The molecular weight excluding hydrogens is 190 g/mol. The molecule has 1 N–H and O–H groups in total. The first kappa shape index (κ1) is 11.2. The van der Waals surface area contributed by atoms with E-state index in [0.29, 0.717) is 0 Å². The van der Waals surface area contributed by atoms with Crippen LogP contribution in [-0.4, -0.2) is 16.4 Å². The Morgan fingerprint density at radius 2 is 2.13 bits per heavy atom. The zero-order chi connectivity index (χ0) is 11.5. The molecule has 1 rings (SSSR count). The largest absolute Gasteiger partial charge is 0.346 e. The van der Waals surface area contributed by atoms with Crippen LogP contribution in [0.2, 0.25) is 0 Å². The molecule has 0 saturated carbocycles. The van der Waals surface area contributed by atoms with Gasteiger partial charge in [-0.3, -0.25) is 4.79 Å². The highest BCUT2D eigenvalue weighted by atomic mass is 16.2. The molecule has 0 unspecified atom stereocenters. The third kappa shape index (κ3) is 3.39. The third-order valence-corrected chi connectivity index (χ3v) is 1.58. The topological polar surface area (TPSA) is 65.8 Å². The van der Waals surface area contributed by atoms with Crippen LogP contribution in [0.15, 0.2) is 18.2 Å². The average Bonchev–Trinajstić information content (AvgIpc) is 2.15. The van der Waals surface area contributed by atoms with Crippen molar-refractivity contribution in [3.63, 3.8) is 0 Å². The zero-order valence-corrected chi connectivity index (χ0v) is 9.03. The van der Waals surface area contributed by atoms with Crippen LogP contribution in [0, 0.1) is 11.3 Å². The van der Waals surface area contributed by atoms with Crippen molar-refractivity contribution in [1.82, 2.24) is 10.3 Å². The quantitative estimate of drug-likeness (QED) is 0.751. The molecule has 0 aliphatic rings. The Balaban J connectivity index is 2.88. The van der Waals surface area contributed by atoms with Gasteiger partial charge in [-0.15, -0.1) is 0 Å². The lowest BCUT2D eigenvalue weighted by Crippen LogP contribution is -2.40. The van der Waals surface area contributed by atoms with Gasteiger partial charge < -0.3 is 5.32 Å². The number of hydrogen-bond acceptors (Lipinski definition) is 3. The Morgan fingerprint density at radius 1 is 1.47 bits per heavy atom. The highest BCUT2D eigenvalue weighted by molar-refractivity contribution is 5.92.